The third-order valence-electron chi connectivity index (χ3n) is 4.86. The second-order valence-electron chi connectivity index (χ2n) is 6.73. The van der Waals surface area contributed by atoms with E-state index in [2.05, 4.69) is 44.4 Å². The molecule has 0 atom stereocenters. The number of hydrogen-bond acceptors (Lipinski definition) is 3. The Morgan fingerprint density at radius 2 is 1.79 bits per heavy atom. The van der Waals surface area contributed by atoms with Crippen molar-refractivity contribution >= 4 is 29.9 Å². The number of guanidine groups is 1. The summed E-state index contributed by atoms with van der Waals surface area (Å²) in [4.78, 5) is 9.08. The Kier molecular flexibility index (Phi) is 9.14. The molecule has 1 saturated heterocycles. The Morgan fingerprint density at radius 1 is 1.07 bits per heavy atom. The first-order valence-corrected chi connectivity index (χ1v) is 9.29. The zero-order chi connectivity index (χ0) is 19.1. The normalized spacial score (nSPS) is 15.2. The van der Waals surface area contributed by atoms with E-state index < -0.39 is 0 Å². The molecule has 1 aliphatic heterocycles. The Hall–Kier alpha value is -1.71. The van der Waals surface area contributed by atoms with Gasteiger partial charge >= 0.3 is 0 Å². The summed E-state index contributed by atoms with van der Waals surface area (Å²) in [5.74, 6) is 0.476. The maximum atomic E-state index is 13.5. The second kappa shape index (κ2) is 11.3. The lowest BCUT2D eigenvalue weighted by atomic mass is 10.1. The molecule has 28 heavy (non-hydrogen) atoms. The first kappa shape index (κ1) is 22.6. The minimum Gasteiger partial charge on any atom is -0.392 e. The van der Waals surface area contributed by atoms with Gasteiger partial charge in [-0.1, -0.05) is 36.4 Å². The van der Waals surface area contributed by atoms with Gasteiger partial charge in [0.1, 0.15) is 5.82 Å². The highest BCUT2D eigenvalue weighted by Crippen LogP contribution is 2.12. The van der Waals surface area contributed by atoms with Crippen LogP contribution < -0.4 is 5.32 Å². The number of nitrogens with zero attached hydrogens (tertiary/aromatic N) is 3. The largest absolute Gasteiger partial charge is 0.392 e. The van der Waals surface area contributed by atoms with Crippen molar-refractivity contribution in [3.63, 3.8) is 0 Å². The lowest BCUT2D eigenvalue weighted by Crippen LogP contribution is -2.52. The van der Waals surface area contributed by atoms with Gasteiger partial charge in [-0.2, -0.15) is 0 Å². The van der Waals surface area contributed by atoms with Crippen molar-refractivity contribution in [2.75, 3.05) is 33.2 Å². The third-order valence-corrected chi connectivity index (χ3v) is 4.86. The highest BCUT2D eigenvalue weighted by atomic mass is 127. The fourth-order valence-corrected chi connectivity index (χ4v) is 3.33. The number of nitrogens with one attached hydrogen (secondary N) is 1. The molecule has 1 fully saturated rings. The molecule has 0 aromatic heterocycles. The van der Waals surface area contributed by atoms with E-state index >= 15 is 0 Å². The number of aliphatic hydroxyl groups is 1. The molecule has 7 heteroatoms. The topological polar surface area (TPSA) is 51.1 Å². The molecule has 1 aliphatic rings. The summed E-state index contributed by atoms with van der Waals surface area (Å²) < 4.78 is 13.5. The van der Waals surface area contributed by atoms with Crippen molar-refractivity contribution in [3.05, 3.63) is 71.0 Å². The quantitative estimate of drug-likeness (QED) is 0.379. The summed E-state index contributed by atoms with van der Waals surface area (Å²) in [6.07, 6.45) is 0. The van der Waals surface area contributed by atoms with E-state index in [0.29, 0.717) is 12.1 Å². The van der Waals surface area contributed by atoms with Gasteiger partial charge in [-0.3, -0.25) is 9.89 Å². The molecule has 0 amide bonds. The number of piperazine rings is 1. The van der Waals surface area contributed by atoms with Crippen LogP contribution in [0.15, 0.2) is 53.5 Å². The van der Waals surface area contributed by atoms with Gasteiger partial charge in [0, 0.05) is 51.9 Å². The number of rotatable bonds is 5. The fourth-order valence-electron chi connectivity index (χ4n) is 3.33. The highest BCUT2D eigenvalue weighted by molar-refractivity contribution is 14.0. The summed E-state index contributed by atoms with van der Waals surface area (Å²) in [7, 11) is 1.78. The van der Waals surface area contributed by atoms with E-state index in [0.717, 1.165) is 44.2 Å². The third kappa shape index (κ3) is 6.15. The molecule has 152 valence electrons. The smallest absolute Gasteiger partial charge is 0.194 e. The molecule has 2 N–H and O–H groups in total. The predicted octanol–water partition coefficient (Wildman–Crippen LogP) is 2.83. The number of aliphatic imine (C=N–C) groups is 1. The van der Waals surface area contributed by atoms with Gasteiger partial charge in [-0.05, 0) is 23.3 Å². The van der Waals surface area contributed by atoms with Crippen molar-refractivity contribution < 1.29 is 9.50 Å². The summed E-state index contributed by atoms with van der Waals surface area (Å²) in [5.41, 5.74) is 2.58. The summed E-state index contributed by atoms with van der Waals surface area (Å²) >= 11 is 0. The van der Waals surface area contributed by atoms with Crippen LogP contribution >= 0.6 is 24.0 Å². The first-order chi connectivity index (χ1) is 13.2. The molecule has 2 aromatic carbocycles. The van der Waals surface area contributed by atoms with Gasteiger partial charge in [-0.25, -0.2) is 4.39 Å². The van der Waals surface area contributed by atoms with Crippen molar-refractivity contribution in [2.24, 2.45) is 4.99 Å². The molecule has 2 aromatic rings. The van der Waals surface area contributed by atoms with Gasteiger partial charge in [0.15, 0.2) is 5.96 Å². The molecule has 0 spiro atoms. The average Bonchev–Trinajstić information content (AvgIpc) is 2.71. The molecule has 0 unspecified atom stereocenters. The van der Waals surface area contributed by atoms with Crippen LogP contribution in [0.5, 0.6) is 0 Å². The van der Waals surface area contributed by atoms with Crippen LogP contribution in [-0.2, 0) is 19.7 Å². The van der Waals surface area contributed by atoms with Crippen LogP contribution in [0.1, 0.15) is 16.7 Å². The number of hydrogen-bond donors (Lipinski definition) is 2. The van der Waals surface area contributed by atoms with Gasteiger partial charge < -0.3 is 15.3 Å². The molecular formula is C21H28FIN4O. The molecule has 0 radical (unpaired) electrons. The van der Waals surface area contributed by atoms with Crippen LogP contribution in [0.3, 0.4) is 0 Å². The van der Waals surface area contributed by atoms with Crippen LogP contribution in [0.4, 0.5) is 4.39 Å². The molecular weight excluding hydrogens is 470 g/mol. The van der Waals surface area contributed by atoms with E-state index in [4.69, 9.17) is 0 Å². The minimum absolute atomic E-state index is 0. The number of benzene rings is 2. The van der Waals surface area contributed by atoms with Gasteiger partial charge in [-0.15, -0.1) is 24.0 Å². The molecule has 0 bridgehead atoms. The highest BCUT2D eigenvalue weighted by Gasteiger charge is 2.19. The van der Waals surface area contributed by atoms with Crippen LogP contribution in [-0.4, -0.2) is 54.1 Å². The minimum atomic E-state index is -0.375. The summed E-state index contributed by atoms with van der Waals surface area (Å²) in [5, 5.41) is 12.5. The zero-order valence-electron chi connectivity index (χ0n) is 16.1. The lowest BCUT2D eigenvalue weighted by molar-refractivity contribution is 0.172. The number of aliphatic hydroxyl groups excluding tert-OH is 1. The van der Waals surface area contributed by atoms with Crippen molar-refractivity contribution in [2.45, 2.75) is 19.7 Å². The van der Waals surface area contributed by atoms with E-state index in [1.54, 1.807) is 19.2 Å². The Labute approximate surface area is 183 Å². The summed E-state index contributed by atoms with van der Waals surface area (Å²) in [6.45, 7) is 5.03. The summed E-state index contributed by atoms with van der Waals surface area (Å²) in [6, 6.07) is 15.3. The SMILES string of the molecule is CN=C(NCc1ccc(F)c(CO)c1)N1CCN(Cc2ccccc2)CC1.I. The monoisotopic (exact) mass is 498 g/mol. The Bertz CT molecular complexity index is 764. The van der Waals surface area contributed by atoms with Gasteiger partial charge in [0.2, 0.25) is 0 Å². The van der Waals surface area contributed by atoms with Crippen LogP contribution in [0.2, 0.25) is 0 Å². The predicted molar refractivity (Wildman–Crippen MR) is 121 cm³/mol. The second-order valence-corrected chi connectivity index (χ2v) is 6.73. The lowest BCUT2D eigenvalue weighted by Gasteiger charge is -2.36. The first-order valence-electron chi connectivity index (χ1n) is 9.29. The van der Waals surface area contributed by atoms with Crippen molar-refractivity contribution in [1.82, 2.24) is 15.1 Å². The number of halogens is 2. The van der Waals surface area contributed by atoms with E-state index in [-0.39, 0.29) is 36.4 Å². The maximum Gasteiger partial charge on any atom is 0.194 e. The molecule has 0 aliphatic carbocycles. The van der Waals surface area contributed by atoms with E-state index in [1.165, 1.54) is 11.6 Å². The van der Waals surface area contributed by atoms with E-state index in [1.807, 2.05) is 6.07 Å². The molecule has 0 saturated carbocycles. The molecule has 5 nitrogen and oxygen atoms in total. The van der Waals surface area contributed by atoms with Crippen LogP contribution in [0, 0.1) is 5.82 Å². The fraction of sp³-hybridized carbons (Fsp3) is 0.381. The maximum absolute atomic E-state index is 13.5. The van der Waals surface area contributed by atoms with Gasteiger partial charge in [0.05, 0.1) is 6.61 Å². The Balaban J connectivity index is 0.00000280. The molecule has 3 rings (SSSR count). The zero-order valence-corrected chi connectivity index (χ0v) is 18.5. The van der Waals surface area contributed by atoms with Crippen LogP contribution in [0.25, 0.3) is 0 Å². The van der Waals surface area contributed by atoms with Crippen molar-refractivity contribution in [3.8, 4) is 0 Å². The average molecular weight is 498 g/mol. The van der Waals surface area contributed by atoms with E-state index in [9.17, 15) is 9.50 Å². The Morgan fingerprint density at radius 3 is 2.43 bits per heavy atom. The van der Waals surface area contributed by atoms with Gasteiger partial charge in [0.25, 0.3) is 0 Å². The standard InChI is InChI=1S/C21H27FN4O.HI/c1-23-21(24-14-18-7-8-20(22)19(13-18)16-27)26-11-9-25(10-12-26)15-17-5-3-2-4-6-17;/h2-8,13,27H,9-12,14-16H2,1H3,(H,23,24);1H. The molecule has 1 heterocycles. The van der Waals surface area contributed by atoms with Crippen molar-refractivity contribution in [1.29, 1.82) is 0 Å².